The van der Waals surface area contributed by atoms with Gasteiger partial charge in [-0.3, -0.25) is 14.9 Å². The molecule has 3 rings (SSSR count). The zero-order valence-corrected chi connectivity index (χ0v) is 13.0. The number of para-hydroxylation sites is 1. The summed E-state index contributed by atoms with van der Waals surface area (Å²) in [6.45, 7) is 0. The van der Waals surface area contributed by atoms with Crippen LogP contribution < -0.4 is 5.56 Å². The number of nitrogens with one attached hydrogen (secondary N) is 1. The number of hydrogen-bond donors (Lipinski definition) is 1. The molecular formula is C16H11ClN4O3. The monoisotopic (exact) mass is 342 g/mol. The molecule has 120 valence electrons. The number of nitrogens with zero attached hydrogens (tertiary/aromatic N) is 3. The number of H-pyrrole nitrogens is 1. The van der Waals surface area contributed by atoms with Gasteiger partial charge in [0.1, 0.15) is 5.69 Å². The molecule has 3 aromatic rings. The van der Waals surface area contributed by atoms with Gasteiger partial charge in [0.05, 0.1) is 4.92 Å². The van der Waals surface area contributed by atoms with Crippen LogP contribution in [0.15, 0.2) is 53.3 Å². The van der Waals surface area contributed by atoms with Gasteiger partial charge in [0.15, 0.2) is 5.82 Å². The number of halogens is 1. The van der Waals surface area contributed by atoms with Crippen molar-refractivity contribution in [2.75, 3.05) is 0 Å². The van der Waals surface area contributed by atoms with Crippen molar-refractivity contribution in [3.63, 3.8) is 0 Å². The molecule has 0 unspecified atom stereocenters. The Morgan fingerprint density at radius 2 is 1.83 bits per heavy atom. The normalized spacial score (nSPS) is 10.5. The van der Waals surface area contributed by atoms with Crippen molar-refractivity contribution < 1.29 is 4.92 Å². The first-order valence-corrected chi connectivity index (χ1v) is 7.36. The number of benzene rings is 2. The van der Waals surface area contributed by atoms with E-state index in [9.17, 15) is 14.9 Å². The molecule has 0 spiro atoms. The van der Waals surface area contributed by atoms with Crippen molar-refractivity contribution in [3.8, 4) is 11.4 Å². The van der Waals surface area contributed by atoms with E-state index in [2.05, 4.69) is 15.2 Å². The second kappa shape index (κ2) is 6.59. The van der Waals surface area contributed by atoms with Crippen LogP contribution in [0.5, 0.6) is 0 Å². The second-order valence-corrected chi connectivity index (χ2v) is 5.44. The fourth-order valence-electron chi connectivity index (χ4n) is 2.24. The number of aromatic nitrogens is 3. The van der Waals surface area contributed by atoms with Crippen LogP contribution in [-0.4, -0.2) is 20.1 Å². The average molecular weight is 343 g/mol. The van der Waals surface area contributed by atoms with Gasteiger partial charge in [-0.05, 0) is 24.3 Å². The lowest BCUT2D eigenvalue weighted by molar-refractivity contribution is -0.385. The van der Waals surface area contributed by atoms with Gasteiger partial charge in [0, 0.05) is 28.6 Å². The number of nitro benzene ring substituents is 1. The Morgan fingerprint density at radius 3 is 2.54 bits per heavy atom. The van der Waals surface area contributed by atoms with Gasteiger partial charge in [-0.15, -0.1) is 0 Å². The number of aromatic amines is 1. The van der Waals surface area contributed by atoms with E-state index >= 15 is 0 Å². The SMILES string of the molecule is O=c1[nH]nc(-c2ccc(Cl)cc2)nc1Cc1ccccc1[N+](=O)[O-]. The molecule has 0 saturated carbocycles. The number of hydrogen-bond acceptors (Lipinski definition) is 5. The van der Waals surface area contributed by atoms with Gasteiger partial charge in [-0.1, -0.05) is 29.8 Å². The van der Waals surface area contributed by atoms with E-state index in [0.717, 1.165) is 0 Å². The number of rotatable bonds is 4. The van der Waals surface area contributed by atoms with Gasteiger partial charge < -0.3 is 0 Å². The molecule has 1 aromatic heterocycles. The van der Waals surface area contributed by atoms with Gasteiger partial charge in [0.2, 0.25) is 0 Å². The highest BCUT2D eigenvalue weighted by Crippen LogP contribution is 2.21. The van der Waals surface area contributed by atoms with E-state index in [4.69, 9.17) is 11.6 Å². The topological polar surface area (TPSA) is 102 Å². The minimum atomic E-state index is -0.481. The Bertz CT molecular complexity index is 954. The summed E-state index contributed by atoms with van der Waals surface area (Å²) in [4.78, 5) is 26.8. The third kappa shape index (κ3) is 3.31. The molecule has 0 radical (unpaired) electrons. The summed E-state index contributed by atoms with van der Waals surface area (Å²) >= 11 is 5.85. The predicted octanol–water partition coefficient (Wildman–Crippen LogP) is 2.98. The van der Waals surface area contributed by atoms with Crippen LogP contribution in [0.3, 0.4) is 0 Å². The molecule has 24 heavy (non-hydrogen) atoms. The molecule has 8 heteroatoms. The van der Waals surface area contributed by atoms with Crippen LogP contribution in [0.2, 0.25) is 5.02 Å². The maximum absolute atomic E-state index is 12.0. The number of nitro groups is 1. The van der Waals surface area contributed by atoms with Crippen molar-refractivity contribution in [2.45, 2.75) is 6.42 Å². The average Bonchev–Trinajstić information content (AvgIpc) is 2.58. The maximum Gasteiger partial charge on any atom is 0.286 e. The van der Waals surface area contributed by atoms with Crippen molar-refractivity contribution in [3.05, 3.63) is 85.3 Å². The molecule has 0 aliphatic rings. The first kappa shape index (κ1) is 15.8. The quantitative estimate of drug-likeness (QED) is 0.580. The molecular weight excluding hydrogens is 332 g/mol. The van der Waals surface area contributed by atoms with Gasteiger partial charge >= 0.3 is 0 Å². The van der Waals surface area contributed by atoms with Crippen LogP contribution in [-0.2, 0) is 6.42 Å². The summed E-state index contributed by atoms with van der Waals surface area (Å²) < 4.78 is 0. The highest BCUT2D eigenvalue weighted by molar-refractivity contribution is 6.30. The molecule has 0 aliphatic heterocycles. The smallest absolute Gasteiger partial charge is 0.266 e. The van der Waals surface area contributed by atoms with Crippen molar-refractivity contribution in [1.82, 2.24) is 15.2 Å². The van der Waals surface area contributed by atoms with Crippen LogP contribution in [0, 0.1) is 10.1 Å². The second-order valence-electron chi connectivity index (χ2n) is 5.00. The van der Waals surface area contributed by atoms with Gasteiger partial charge in [-0.25, -0.2) is 10.1 Å². The summed E-state index contributed by atoms with van der Waals surface area (Å²) in [5.41, 5.74) is 0.715. The standard InChI is InChI=1S/C16H11ClN4O3/c17-12-7-5-10(6-8-12)15-18-13(16(22)20-19-15)9-11-3-1-2-4-14(11)21(23)24/h1-8H,9H2,(H,20,22). The van der Waals surface area contributed by atoms with E-state index in [1.54, 1.807) is 42.5 Å². The Balaban J connectivity index is 2.00. The lowest BCUT2D eigenvalue weighted by Gasteiger charge is -2.04. The Morgan fingerprint density at radius 1 is 1.12 bits per heavy atom. The van der Waals surface area contributed by atoms with E-state index in [0.29, 0.717) is 22.0 Å². The van der Waals surface area contributed by atoms with Crippen LogP contribution in [0.1, 0.15) is 11.3 Å². The minimum Gasteiger partial charge on any atom is -0.266 e. The largest absolute Gasteiger partial charge is 0.286 e. The molecule has 0 fully saturated rings. The third-order valence-electron chi connectivity index (χ3n) is 3.41. The summed E-state index contributed by atoms with van der Waals surface area (Å²) in [5.74, 6) is 0.319. The Labute approximate surface area is 141 Å². The first-order valence-electron chi connectivity index (χ1n) is 6.98. The molecule has 7 nitrogen and oxygen atoms in total. The van der Waals surface area contributed by atoms with E-state index in [1.165, 1.54) is 6.07 Å². The lowest BCUT2D eigenvalue weighted by atomic mass is 10.1. The molecule has 0 atom stereocenters. The van der Waals surface area contributed by atoms with Gasteiger partial charge in [0.25, 0.3) is 11.2 Å². The van der Waals surface area contributed by atoms with E-state index < -0.39 is 10.5 Å². The zero-order chi connectivity index (χ0) is 17.1. The Kier molecular flexibility index (Phi) is 4.35. The van der Waals surface area contributed by atoms with Gasteiger partial charge in [-0.2, -0.15) is 5.10 Å². The highest BCUT2D eigenvalue weighted by atomic mass is 35.5. The predicted molar refractivity (Wildman–Crippen MR) is 89.0 cm³/mol. The van der Waals surface area contributed by atoms with Crippen molar-refractivity contribution in [1.29, 1.82) is 0 Å². The molecule has 1 N–H and O–H groups in total. The zero-order valence-electron chi connectivity index (χ0n) is 12.3. The van der Waals surface area contributed by atoms with E-state index in [-0.39, 0.29) is 17.8 Å². The van der Waals surface area contributed by atoms with E-state index in [1.807, 2.05) is 0 Å². The minimum absolute atomic E-state index is 0.0373. The molecule has 2 aromatic carbocycles. The maximum atomic E-state index is 12.0. The molecule has 0 saturated heterocycles. The molecule has 0 aliphatic carbocycles. The molecule has 1 heterocycles. The summed E-state index contributed by atoms with van der Waals surface area (Å²) in [6, 6.07) is 13.1. The fourth-order valence-corrected chi connectivity index (χ4v) is 2.36. The third-order valence-corrected chi connectivity index (χ3v) is 3.67. The van der Waals surface area contributed by atoms with Crippen molar-refractivity contribution >= 4 is 17.3 Å². The first-order chi connectivity index (χ1) is 11.5. The summed E-state index contributed by atoms with van der Waals surface area (Å²) in [6.07, 6.45) is 0.0373. The van der Waals surface area contributed by atoms with Crippen LogP contribution in [0.4, 0.5) is 5.69 Å². The summed E-state index contributed by atoms with van der Waals surface area (Å²) in [7, 11) is 0. The Hall–Kier alpha value is -3.06. The van der Waals surface area contributed by atoms with Crippen molar-refractivity contribution in [2.24, 2.45) is 0 Å². The highest BCUT2D eigenvalue weighted by Gasteiger charge is 2.16. The molecule has 0 bridgehead atoms. The van der Waals surface area contributed by atoms with Crippen LogP contribution in [0.25, 0.3) is 11.4 Å². The van der Waals surface area contributed by atoms with Crippen LogP contribution >= 0.6 is 11.6 Å². The molecule has 0 amide bonds. The fraction of sp³-hybridized carbons (Fsp3) is 0.0625. The summed E-state index contributed by atoms with van der Waals surface area (Å²) in [5, 5.41) is 18.0. The lowest BCUT2D eigenvalue weighted by Crippen LogP contribution is -2.18.